The number of hydrogen-bond acceptors (Lipinski definition) is 18. The van der Waals surface area contributed by atoms with E-state index in [2.05, 4.69) is 67.8 Å². The highest BCUT2D eigenvalue weighted by Crippen LogP contribution is 2.33. The second-order valence-electron chi connectivity index (χ2n) is 29.2. The van der Waals surface area contributed by atoms with Gasteiger partial charge < -0.3 is 89.9 Å². The summed E-state index contributed by atoms with van der Waals surface area (Å²) in [5.74, 6) is -0.237. The zero-order valence-electron chi connectivity index (χ0n) is 62.7. The van der Waals surface area contributed by atoms with E-state index in [9.17, 15) is 61.0 Å². The third-order valence-corrected chi connectivity index (χ3v) is 20.4. The van der Waals surface area contributed by atoms with E-state index in [1.807, 2.05) is 0 Å². The smallest absolute Gasteiger partial charge is 0.220 e. The molecule has 0 aromatic heterocycles. The van der Waals surface area contributed by atoms with Crippen LogP contribution in [0, 0.1) is 0 Å². The minimum absolute atomic E-state index is 0.237. The number of nitrogens with one attached hydrogen (secondary N) is 1. The highest BCUT2D eigenvalue weighted by molar-refractivity contribution is 5.76. The molecule has 586 valence electrons. The van der Waals surface area contributed by atoms with Crippen LogP contribution in [-0.2, 0) is 33.2 Å². The zero-order valence-corrected chi connectivity index (χ0v) is 62.7. The fourth-order valence-electron chi connectivity index (χ4n) is 13.9. The molecule has 3 aliphatic heterocycles. The molecule has 3 saturated heterocycles. The van der Waals surface area contributed by atoms with E-state index in [1.54, 1.807) is 0 Å². The van der Waals surface area contributed by atoms with Gasteiger partial charge in [-0.05, 0) is 51.4 Å². The fraction of sp³-hybridized carbons (Fsp3) is 0.889. The van der Waals surface area contributed by atoms with Crippen molar-refractivity contribution in [3.63, 3.8) is 0 Å². The second-order valence-corrected chi connectivity index (χ2v) is 29.2. The summed E-state index contributed by atoms with van der Waals surface area (Å²) in [5.41, 5.74) is 0. The van der Waals surface area contributed by atoms with Crippen molar-refractivity contribution in [2.45, 2.75) is 433 Å². The van der Waals surface area contributed by atoms with Gasteiger partial charge in [0.2, 0.25) is 5.91 Å². The Morgan fingerprint density at radius 2 is 0.690 bits per heavy atom. The second kappa shape index (κ2) is 61.9. The molecule has 0 bridgehead atoms. The van der Waals surface area contributed by atoms with Gasteiger partial charge in [-0.25, -0.2) is 0 Å². The van der Waals surface area contributed by atoms with Gasteiger partial charge in [-0.3, -0.25) is 4.79 Å². The van der Waals surface area contributed by atoms with Gasteiger partial charge in [-0.15, -0.1) is 0 Å². The van der Waals surface area contributed by atoms with Crippen molar-refractivity contribution in [2.24, 2.45) is 0 Å². The van der Waals surface area contributed by atoms with E-state index in [-0.39, 0.29) is 18.9 Å². The average molecular weight is 1430 g/mol. The molecular formula is C81H149NO18. The molecule has 3 heterocycles. The number of rotatable bonds is 65. The molecule has 19 heteroatoms. The average Bonchev–Trinajstić information content (AvgIpc) is 0.783. The van der Waals surface area contributed by atoms with Crippen molar-refractivity contribution in [3.8, 4) is 0 Å². The summed E-state index contributed by atoms with van der Waals surface area (Å²) in [6.45, 7) is 1.72. The van der Waals surface area contributed by atoms with Crippen LogP contribution in [-0.4, -0.2) is 193 Å². The number of carbonyl (C=O) groups is 1. The van der Waals surface area contributed by atoms with Gasteiger partial charge in [-0.2, -0.15) is 0 Å². The standard InChI is InChI=1S/C81H149NO18/c1-3-5-7-9-11-13-15-17-19-20-21-22-23-24-25-26-27-28-29-30-31-32-33-34-35-36-37-38-39-40-41-42-43-44-45-47-49-51-53-55-57-59-69(87)82-64(65(86)58-56-54-52-50-48-46-18-16-14-12-10-8-6-4-2)63-95-79-75(93)72(90)77(67(61-84)97-79)100-81-76(94)73(91)78(68(62-85)98-81)99-80-74(92)71(89)70(88)66(60-83)96-80/h5,7,11,13,17,19,21-22,64-68,70-81,83-86,88-94H,3-4,6,8-10,12,14-16,18,20,23-63H2,1-2H3,(H,82,87)/b7-5-,13-11-,19-17-,22-21-. The van der Waals surface area contributed by atoms with Crippen LogP contribution in [0.2, 0.25) is 0 Å². The molecule has 0 radical (unpaired) electrons. The van der Waals surface area contributed by atoms with Crippen molar-refractivity contribution in [3.05, 3.63) is 48.6 Å². The van der Waals surface area contributed by atoms with Gasteiger partial charge in [0.1, 0.15) is 73.2 Å². The van der Waals surface area contributed by atoms with Gasteiger partial charge in [0.05, 0.1) is 38.6 Å². The van der Waals surface area contributed by atoms with Gasteiger partial charge in [0, 0.05) is 6.42 Å². The van der Waals surface area contributed by atoms with Gasteiger partial charge in [-0.1, -0.05) is 319 Å². The SMILES string of the molecule is CC/C=C\C/C=C\C/C=C\C/C=C\CCCCCCCCCCCCCCCCCCCCCCCCCCCCCCC(=O)NC(COC1OC(CO)C(OC2OC(CO)C(OC3OC(CO)C(O)C(O)C3O)C(O)C2O)C(O)C1O)C(O)CCCCCCCCCCCCCCCC. The molecule has 0 aromatic rings. The molecule has 0 aromatic carbocycles. The molecule has 17 atom stereocenters. The molecule has 1 amide bonds. The van der Waals surface area contributed by atoms with Gasteiger partial charge >= 0.3 is 0 Å². The molecule has 12 N–H and O–H groups in total. The normalized spacial score (nSPS) is 26.7. The molecule has 3 aliphatic rings. The molecule has 3 rings (SSSR count). The molecule has 19 nitrogen and oxygen atoms in total. The number of hydrogen-bond donors (Lipinski definition) is 12. The van der Waals surface area contributed by atoms with Crippen LogP contribution in [0.3, 0.4) is 0 Å². The van der Waals surface area contributed by atoms with Crippen LogP contribution in [0.5, 0.6) is 0 Å². The Kier molecular flexibility index (Phi) is 56.9. The minimum Gasteiger partial charge on any atom is -0.394 e. The van der Waals surface area contributed by atoms with Crippen LogP contribution in [0.15, 0.2) is 48.6 Å². The van der Waals surface area contributed by atoms with E-state index in [1.165, 1.54) is 225 Å². The van der Waals surface area contributed by atoms with E-state index >= 15 is 0 Å². The Bertz CT molecular complexity index is 1990. The van der Waals surface area contributed by atoms with Crippen molar-refractivity contribution in [1.82, 2.24) is 5.32 Å². The summed E-state index contributed by atoms with van der Waals surface area (Å²) in [4.78, 5) is 13.5. The van der Waals surface area contributed by atoms with Crippen molar-refractivity contribution < 1.29 is 89.4 Å². The first kappa shape index (κ1) is 92.0. The summed E-state index contributed by atoms with van der Waals surface area (Å²) in [6.07, 6.45) is 51.0. The maximum atomic E-state index is 13.5. The predicted molar refractivity (Wildman–Crippen MR) is 397 cm³/mol. The van der Waals surface area contributed by atoms with Crippen LogP contribution >= 0.6 is 0 Å². The van der Waals surface area contributed by atoms with Crippen LogP contribution in [0.1, 0.15) is 328 Å². The van der Waals surface area contributed by atoms with Crippen molar-refractivity contribution >= 4 is 5.91 Å². The Morgan fingerprint density at radius 1 is 0.370 bits per heavy atom. The summed E-state index contributed by atoms with van der Waals surface area (Å²) in [6, 6.07) is -0.885. The number of ether oxygens (including phenoxy) is 6. The van der Waals surface area contributed by atoms with E-state index in [4.69, 9.17) is 28.4 Å². The van der Waals surface area contributed by atoms with Crippen LogP contribution in [0.4, 0.5) is 0 Å². The number of amides is 1. The molecule has 3 fully saturated rings. The number of allylic oxidation sites excluding steroid dienone is 8. The van der Waals surface area contributed by atoms with E-state index < -0.39 is 124 Å². The van der Waals surface area contributed by atoms with E-state index in [0.29, 0.717) is 12.8 Å². The lowest BCUT2D eigenvalue weighted by molar-refractivity contribution is -0.379. The predicted octanol–water partition coefficient (Wildman–Crippen LogP) is 13.7. The Balaban J connectivity index is 1.26. The van der Waals surface area contributed by atoms with Crippen molar-refractivity contribution in [1.29, 1.82) is 0 Å². The Hall–Kier alpha value is -2.25. The van der Waals surface area contributed by atoms with Gasteiger partial charge in [0.25, 0.3) is 0 Å². The molecule has 0 aliphatic carbocycles. The lowest BCUT2D eigenvalue weighted by Gasteiger charge is -2.48. The van der Waals surface area contributed by atoms with Crippen molar-refractivity contribution in [2.75, 3.05) is 26.4 Å². The lowest BCUT2D eigenvalue weighted by Crippen LogP contribution is -2.66. The molecule has 0 saturated carbocycles. The minimum atomic E-state index is -1.97. The monoisotopic (exact) mass is 1420 g/mol. The highest BCUT2D eigenvalue weighted by atomic mass is 16.8. The van der Waals surface area contributed by atoms with E-state index in [0.717, 1.165) is 70.6 Å². The molecule has 0 spiro atoms. The number of unbranched alkanes of at least 4 members (excludes halogenated alkanes) is 41. The fourth-order valence-corrected chi connectivity index (χ4v) is 13.9. The Morgan fingerprint density at radius 3 is 1.08 bits per heavy atom. The summed E-state index contributed by atoms with van der Waals surface area (Å²) >= 11 is 0. The lowest BCUT2D eigenvalue weighted by atomic mass is 9.96. The Labute approximate surface area is 605 Å². The first-order valence-corrected chi connectivity index (χ1v) is 40.9. The summed E-state index contributed by atoms with van der Waals surface area (Å²) < 4.78 is 34.5. The maximum Gasteiger partial charge on any atom is 0.220 e. The molecular weight excluding hydrogens is 1270 g/mol. The molecule has 100 heavy (non-hydrogen) atoms. The number of aliphatic hydroxyl groups excluding tert-OH is 11. The first-order valence-electron chi connectivity index (χ1n) is 40.9. The third-order valence-electron chi connectivity index (χ3n) is 20.4. The quantitative estimate of drug-likeness (QED) is 0.0199. The highest BCUT2D eigenvalue weighted by Gasteiger charge is 2.54. The maximum absolute atomic E-state index is 13.5. The number of aliphatic hydroxyl groups is 11. The zero-order chi connectivity index (χ0) is 72.5. The molecule has 17 unspecified atom stereocenters. The largest absolute Gasteiger partial charge is 0.394 e. The first-order chi connectivity index (χ1) is 48.8. The topological polar surface area (TPSA) is 307 Å². The third kappa shape index (κ3) is 41.6. The summed E-state index contributed by atoms with van der Waals surface area (Å²) in [5, 5.41) is 121. The van der Waals surface area contributed by atoms with Crippen LogP contribution < -0.4 is 5.32 Å². The van der Waals surface area contributed by atoms with Crippen LogP contribution in [0.25, 0.3) is 0 Å². The summed E-state index contributed by atoms with van der Waals surface area (Å²) in [7, 11) is 0. The van der Waals surface area contributed by atoms with Gasteiger partial charge in [0.15, 0.2) is 18.9 Å². The number of carbonyl (C=O) groups excluding carboxylic acids is 1.